The van der Waals surface area contributed by atoms with Gasteiger partial charge in [0.1, 0.15) is 6.79 Å². The molecule has 2 atom stereocenters. The van der Waals surface area contributed by atoms with Crippen molar-refractivity contribution in [2.45, 2.75) is 51.2 Å². The average Bonchev–Trinajstić information content (AvgIpc) is 2.81. The summed E-state index contributed by atoms with van der Waals surface area (Å²) in [7, 11) is -1.05. The van der Waals surface area contributed by atoms with Gasteiger partial charge >= 0.3 is 0 Å². The van der Waals surface area contributed by atoms with E-state index in [0.29, 0.717) is 13.4 Å². The Morgan fingerprint density at radius 3 is 2.09 bits per heavy atom. The van der Waals surface area contributed by atoms with Gasteiger partial charge in [-0.3, -0.25) is 0 Å². The lowest BCUT2D eigenvalue weighted by atomic mass is 9.98. The van der Waals surface area contributed by atoms with Gasteiger partial charge in [0.05, 0.1) is 18.8 Å². The van der Waals surface area contributed by atoms with Crippen molar-refractivity contribution in [2.24, 2.45) is 0 Å². The standard InChI is InChI=1S/C29H40O3Si/c1-6-28(19-13-14-25(2)32-24-30-22-23-33(3,4)5)31-21-20-29(26-15-9-7-10-16-26)27-17-11-8-12-18-27/h6-18,20,25,28H,1,19,21-24H2,2-5H3/b14-13-/t25-,28-/m1/s1. The lowest BCUT2D eigenvalue weighted by molar-refractivity contribution is -0.0666. The van der Waals surface area contributed by atoms with Crippen LogP contribution in [0, 0.1) is 0 Å². The average molecular weight is 465 g/mol. The summed E-state index contributed by atoms with van der Waals surface area (Å²) in [6.07, 6.45) is 8.86. The van der Waals surface area contributed by atoms with Crippen LogP contribution in [-0.4, -0.2) is 40.3 Å². The Bertz CT molecular complexity index is 812. The van der Waals surface area contributed by atoms with Crippen LogP contribution in [0.1, 0.15) is 24.5 Å². The van der Waals surface area contributed by atoms with E-state index in [4.69, 9.17) is 14.2 Å². The highest BCUT2D eigenvalue weighted by atomic mass is 28.3. The molecule has 0 spiro atoms. The van der Waals surface area contributed by atoms with E-state index in [-0.39, 0.29) is 12.2 Å². The molecular weight excluding hydrogens is 424 g/mol. The maximum atomic E-state index is 6.08. The normalized spacial score (nSPS) is 13.6. The van der Waals surface area contributed by atoms with Crippen LogP contribution in [0.4, 0.5) is 0 Å². The second kappa shape index (κ2) is 14.8. The first kappa shape index (κ1) is 27.0. The summed E-state index contributed by atoms with van der Waals surface area (Å²) in [6.45, 7) is 14.6. The van der Waals surface area contributed by atoms with Gasteiger partial charge in [-0.1, -0.05) is 105 Å². The van der Waals surface area contributed by atoms with Crippen LogP contribution >= 0.6 is 0 Å². The Balaban J connectivity index is 1.81. The molecular formula is C29H40O3Si. The third kappa shape index (κ3) is 11.4. The fourth-order valence-electron chi connectivity index (χ4n) is 3.18. The fourth-order valence-corrected chi connectivity index (χ4v) is 3.93. The molecule has 0 N–H and O–H groups in total. The highest BCUT2D eigenvalue weighted by Crippen LogP contribution is 2.23. The summed E-state index contributed by atoms with van der Waals surface area (Å²) in [5.41, 5.74) is 3.53. The SMILES string of the molecule is C=C[C@H](C/C=C\[C@@H](C)OCOCC[Si](C)(C)C)OCC=C(c1ccccc1)c1ccccc1. The first-order valence-electron chi connectivity index (χ1n) is 11.8. The second-order valence-corrected chi connectivity index (χ2v) is 15.0. The van der Waals surface area contributed by atoms with Crippen molar-refractivity contribution in [1.82, 2.24) is 0 Å². The minimum atomic E-state index is -1.05. The summed E-state index contributed by atoms with van der Waals surface area (Å²) >= 11 is 0. The molecule has 4 heteroatoms. The second-order valence-electron chi connectivity index (χ2n) is 9.33. The summed E-state index contributed by atoms with van der Waals surface area (Å²) in [6, 6.07) is 22.0. The minimum Gasteiger partial charge on any atom is -0.370 e. The molecule has 0 heterocycles. The molecule has 0 aliphatic rings. The first-order valence-corrected chi connectivity index (χ1v) is 15.5. The summed E-state index contributed by atoms with van der Waals surface area (Å²) in [5, 5.41) is 0. The number of hydrogen-bond donors (Lipinski definition) is 0. The highest BCUT2D eigenvalue weighted by Gasteiger charge is 2.12. The van der Waals surface area contributed by atoms with E-state index in [1.165, 1.54) is 16.7 Å². The molecule has 0 saturated carbocycles. The molecule has 0 fully saturated rings. The highest BCUT2D eigenvalue weighted by molar-refractivity contribution is 6.76. The van der Waals surface area contributed by atoms with Crippen molar-refractivity contribution in [3.05, 3.63) is 103 Å². The maximum absolute atomic E-state index is 6.08. The van der Waals surface area contributed by atoms with E-state index in [1.54, 1.807) is 0 Å². The topological polar surface area (TPSA) is 27.7 Å². The largest absolute Gasteiger partial charge is 0.370 e. The molecule has 2 rings (SSSR count). The molecule has 0 aliphatic heterocycles. The number of hydrogen-bond acceptors (Lipinski definition) is 3. The van der Waals surface area contributed by atoms with E-state index in [2.05, 4.69) is 93.0 Å². The van der Waals surface area contributed by atoms with Crippen LogP contribution < -0.4 is 0 Å². The van der Waals surface area contributed by atoms with Crippen molar-refractivity contribution in [3.8, 4) is 0 Å². The molecule has 33 heavy (non-hydrogen) atoms. The Hall–Kier alpha value is -2.24. The van der Waals surface area contributed by atoms with Crippen LogP contribution in [-0.2, 0) is 14.2 Å². The van der Waals surface area contributed by atoms with E-state index < -0.39 is 8.07 Å². The predicted octanol–water partition coefficient (Wildman–Crippen LogP) is 7.35. The summed E-state index contributed by atoms with van der Waals surface area (Å²) in [5.74, 6) is 0. The van der Waals surface area contributed by atoms with Gasteiger partial charge in [-0.15, -0.1) is 6.58 Å². The molecule has 2 aromatic carbocycles. The summed E-state index contributed by atoms with van der Waals surface area (Å²) < 4.78 is 17.4. The van der Waals surface area contributed by atoms with Gasteiger partial charge in [0, 0.05) is 14.7 Å². The monoisotopic (exact) mass is 464 g/mol. The van der Waals surface area contributed by atoms with Gasteiger partial charge in [-0.05, 0) is 36.1 Å². The molecule has 2 aromatic rings. The van der Waals surface area contributed by atoms with Crippen molar-refractivity contribution >= 4 is 13.6 Å². The molecule has 0 saturated heterocycles. The third-order valence-corrected chi connectivity index (χ3v) is 6.92. The third-order valence-electron chi connectivity index (χ3n) is 5.22. The smallest absolute Gasteiger partial charge is 0.147 e. The van der Waals surface area contributed by atoms with Gasteiger partial charge in [-0.2, -0.15) is 0 Å². The van der Waals surface area contributed by atoms with Gasteiger partial charge in [0.2, 0.25) is 0 Å². The van der Waals surface area contributed by atoms with Gasteiger partial charge in [0.25, 0.3) is 0 Å². The number of rotatable bonds is 15. The van der Waals surface area contributed by atoms with E-state index in [9.17, 15) is 0 Å². The van der Waals surface area contributed by atoms with Gasteiger partial charge < -0.3 is 14.2 Å². The summed E-state index contributed by atoms with van der Waals surface area (Å²) in [4.78, 5) is 0. The predicted molar refractivity (Wildman–Crippen MR) is 143 cm³/mol. The Morgan fingerprint density at radius 2 is 1.55 bits per heavy atom. The molecule has 0 unspecified atom stereocenters. The van der Waals surface area contributed by atoms with E-state index >= 15 is 0 Å². The lowest BCUT2D eigenvalue weighted by Gasteiger charge is -2.16. The maximum Gasteiger partial charge on any atom is 0.147 e. The Kier molecular flexibility index (Phi) is 12.1. The molecule has 3 nitrogen and oxygen atoms in total. The van der Waals surface area contributed by atoms with E-state index in [0.717, 1.165) is 19.1 Å². The zero-order valence-corrected chi connectivity index (χ0v) is 21.7. The van der Waals surface area contributed by atoms with Crippen LogP contribution in [0.2, 0.25) is 25.7 Å². The molecule has 0 radical (unpaired) electrons. The van der Waals surface area contributed by atoms with Crippen molar-refractivity contribution in [1.29, 1.82) is 0 Å². The van der Waals surface area contributed by atoms with Crippen LogP contribution in [0.3, 0.4) is 0 Å². The van der Waals surface area contributed by atoms with Gasteiger partial charge in [-0.25, -0.2) is 0 Å². The first-order chi connectivity index (χ1) is 15.9. The molecule has 178 valence electrons. The number of benzene rings is 2. The Labute approximate surface area is 201 Å². The van der Waals surface area contributed by atoms with Crippen LogP contribution in [0.15, 0.2) is 91.5 Å². The molecule has 0 aromatic heterocycles. The van der Waals surface area contributed by atoms with Crippen molar-refractivity contribution in [2.75, 3.05) is 20.0 Å². The fraction of sp³-hybridized carbons (Fsp3) is 0.379. The Morgan fingerprint density at radius 1 is 0.939 bits per heavy atom. The zero-order valence-electron chi connectivity index (χ0n) is 20.7. The minimum absolute atomic E-state index is 0.00464. The quantitative estimate of drug-likeness (QED) is 0.119. The number of ether oxygens (including phenoxy) is 3. The van der Waals surface area contributed by atoms with E-state index in [1.807, 2.05) is 25.1 Å². The van der Waals surface area contributed by atoms with Crippen LogP contribution in [0.5, 0.6) is 0 Å². The molecule has 0 bridgehead atoms. The van der Waals surface area contributed by atoms with Crippen LogP contribution in [0.25, 0.3) is 5.57 Å². The van der Waals surface area contributed by atoms with Crippen molar-refractivity contribution < 1.29 is 14.2 Å². The van der Waals surface area contributed by atoms with Gasteiger partial charge in [0.15, 0.2) is 0 Å². The zero-order chi connectivity index (χ0) is 23.9. The molecule has 0 aliphatic carbocycles. The lowest BCUT2D eigenvalue weighted by Crippen LogP contribution is -2.22. The molecule has 0 amide bonds. The van der Waals surface area contributed by atoms with Crippen molar-refractivity contribution in [3.63, 3.8) is 0 Å².